The molecule has 1 aromatic heterocycles. The Morgan fingerprint density at radius 2 is 1.72 bits per heavy atom. The van der Waals surface area contributed by atoms with Gasteiger partial charge in [-0.2, -0.15) is 0 Å². The molecule has 3 nitrogen and oxygen atoms in total. The molecule has 1 heterocycles. The quantitative estimate of drug-likeness (QED) is 0.594. The van der Waals surface area contributed by atoms with Gasteiger partial charge in [-0.15, -0.1) is 0 Å². The Bertz CT molecular complexity index is 809. The van der Waals surface area contributed by atoms with Crippen LogP contribution in [0.1, 0.15) is 35.7 Å². The summed E-state index contributed by atoms with van der Waals surface area (Å²) in [6, 6.07) is 22.0. The van der Waals surface area contributed by atoms with Crippen molar-refractivity contribution in [3.05, 3.63) is 84.1 Å². The molecule has 0 spiro atoms. The highest BCUT2D eigenvalue weighted by atomic mass is 16.1. The number of pyridine rings is 1. The van der Waals surface area contributed by atoms with E-state index >= 15 is 0 Å². The van der Waals surface area contributed by atoms with Crippen molar-refractivity contribution in [2.24, 2.45) is 0 Å². The number of Topliss-reactive ketones (excluding diaryl/α,β-unsaturated/α-hetero) is 1. The number of benzene rings is 2. The Morgan fingerprint density at radius 1 is 0.960 bits per heavy atom. The first kappa shape index (κ1) is 16.9. The van der Waals surface area contributed by atoms with Crippen molar-refractivity contribution in [2.45, 2.75) is 26.3 Å². The molecule has 25 heavy (non-hydrogen) atoms. The second kappa shape index (κ2) is 8.25. The number of carbonyl (C=O) groups excluding carboxylic acids is 1. The van der Waals surface area contributed by atoms with Gasteiger partial charge in [0.2, 0.25) is 0 Å². The van der Waals surface area contributed by atoms with Crippen LogP contribution in [-0.2, 0) is 6.54 Å². The van der Waals surface area contributed by atoms with E-state index < -0.39 is 0 Å². The number of ketones is 1. The minimum absolute atomic E-state index is 0.203. The number of hydrogen-bond donors (Lipinski definition) is 1. The summed E-state index contributed by atoms with van der Waals surface area (Å²) in [5.74, 6) is 0.203. The molecule has 3 aromatic rings. The second-order valence-electron chi connectivity index (χ2n) is 6.02. The molecule has 2 aromatic carbocycles. The fraction of sp³-hybridized carbons (Fsp3) is 0.182. The van der Waals surface area contributed by atoms with Crippen LogP contribution in [0.5, 0.6) is 0 Å². The topological polar surface area (TPSA) is 42.0 Å². The standard InChI is InChI=1S/C22H22N2O/c1-2-6-22(25)19-10-12-20(13-11-19)23-15-17-9-14-21(24-16-17)18-7-4-3-5-8-18/h3-5,7-14,16,23H,2,6,15H2,1H3. The van der Waals surface area contributed by atoms with Crippen LogP contribution in [-0.4, -0.2) is 10.8 Å². The lowest BCUT2D eigenvalue weighted by atomic mass is 10.1. The zero-order valence-corrected chi connectivity index (χ0v) is 14.4. The lowest BCUT2D eigenvalue weighted by molar-refractivity contribution is 0.0982. The summed E-state index contributed by atoms with van der Waals surface area (Å²) >= 11 is 0. The molecule has 0 atom stereocenters. The molecular weight excluding hydrogens is 308 g/mol. The SMILES string of the molecule is CCCC(=O)c1ccc(NCc2ccc(-c3ccccc3)nc2)cc1. The van der Waals surface area contributed by atoms with E-state index in [4.69, 9.17) is 0 Å². The summed E-state index contributed by atoms with van der Waals surface area (Å²) in [5, 5.41) is 3.37. The average molecular weight is 330 g/mol. The van der Waals surface area contributed by atoms with Gasteiger partial charge < -0.3 is 5.32 Å². The highest BCUT2D eigenvalue weighted by Gasteiger charge is 2.04. The van der Waals surface area contributed by atoms with E-state index in [1.165, 1.54) is 0 Å². The first-order chi connectivity index (χ1) is 12.3. The van der Waals surface area contributed by atoms with Gasteiger partial charge in [0, 0.05) is 36.0 Å². The Balaban J connectivity index is 1.59. The monoisotopic (exact) mass is 330 g/mol. The molecule has 0 aliphatic carbocycles. The van der Waals surface area contributed by atoms with Crippen molar-refractivity contribution < 1.29 is 4.79 Å². The Hall–Kier alpha value is -2.94. The smallest absolute Gasteiger partial charge is 0.162 e. The van der Waals surface area contributed by atoms with Crippen LogP contribution in [0, 0.1) is 0 Å². The number of hydrogen-bond acceptors (Lipinski definition) is 3. The lowest BCUT2D eigenvalue weighted by Gasteiger charge is -2.08. The van der Waals surface area contributed by atoms with Crippen LogP contribution in [0.3, 0.4) is 0 Å². The summed E-state index contributed by atoms with van der Waals surface area (Å²) < 4.78 is 0. The summed E-state index contributed by atoms with van der Waals surface area (Å²) in [4.78, 5) is 16.4. The Morgan fingerprint density at radius 3 is 2.36 bits per heavy atom. The van der Waals surface area contributed by atoms with Gasteiger partial charge in [0.15, 0.2) is 5.78 Å². The van der Waals surface area contributed by atoms with E-state index in [1.807, 2.05) is 61.7 Å². The van der Waals surface area contributed by atoms with Crippen LogP contribution in [0.4, 0.5) is 5.69 Å². The van der Waals surface area contributed by atoms with Crippen molar-refractivity contribution >= 4 is 11.5 Å². The maximum absolute atomic E-state index is 11.9. The van der Waals surface area contributed by atoms with Gasteiger partial charge in [-0.05, 0) is 42.3 Å². The molecule has 0 radical (unpaired) electrons. The Kier molecular flexibility index (Phi) is 5.57. The minimum atomic E-state index is 0.203. The van der Waals surface area contributed by atoms with Crippen molar-refractivity contribution in [1.82, 2.24) is 4.98 Å². The number of nitrogens with one attached hydrogen (secondary N) is 1. The van der Waals surface area contributed by atoms with E-state index in [0.29, 0.717) is 13.0 Å². The number of rotatable bonds is 7. The minimum Gasteiger partial charge on any atom is -0.381 e. The first-order valence-corrected chi connectivity index (χ1v) is 8.64. The number of carbonyl (C=O) groups is 1. The van der Waals surface area contributed by atoms with Gasteiger partial charge >= 0.3 is 0 Å². The van der Waals surface area contributed by atoms with E-state index in [-0.39, 0.29) is 5.78 Å². The lowest BCUT2D eigenvalue weighted by Crippen LogP contribution is -2.02. The van der Waals surface area contributed by atoms with Crippen molar-refractivity contribution in [3.8, 4) is 11.3 Å². The van der Waals surface area contributed by atoms with Crippen molar-refractivity contribution in [3.63, 3.8) is 0 Å². The molecule has 0 aliphatic rings. The fourth-order valence-corrected chi connectivity index (χ4v) is 2.66. The van der Waals surface area contributed by atoms with Gasteiger partial charge in [0.1, 0.15) is 0 Å². The van der Waals surface area contributed by atoms with Crippen LogP contribution < -0.4 is 5.32 Å². The summed E-state index contributed by atoms with van der Waals surface area (Å²) in [5.41, 5.74) is 4.99. The molecule has 0 aliphatic heterocycles. The maximum Gasteiger partial charge on any atom is 0.162 e. The molecule has 0 unspecified atom stereocenters. The van der Waals surface area contributed by atoms with Crippen molar-refractivity contribution in [2.75, 3.05) is 5.32 Å². The van der Waals surface area contributed by atoms with E-state index in [2.05, 4.69) is 28.5 Å². The van der Waals surface area contributed by atoms with Crippen LogP contribution in [0.2, 0.25) is 0 Å². The largest absolute Gasteiger partial charge is 0.381 e. The third-order valence-electron chi connectivity index (χ3n) is 4.07. The molecule has 0 saturated heterocycles. The van der Waals surface area contributed by atoms with Gasteiger partial charge in [-0.3, -0.25) is 9.78 Å². The third-order valence-corrected chi connectivity index (χ3v) is 4.07. The van der Waals surface area contributed by atoms with Crippen LogP contribution in [0.15, 0.2) is 72.9 Å². The molecule has 3 rings (SSSR count). The third kappa shape index (κ3) is 4.54. The highest BCUT2D eigenvalue weighted by Crippen LogP contribution is 2.17. The molecule has 0 saturated carbocycles. The van der Waals surface area contributed by atoms with Gasteiger partial charge in [0.05, 0.1) is 5.69 Å². The van der Waals surface area contributed by atoms with Crippen molar-refractivity contribution in [1.29, 1.82) is 0 Å². The molecular formula is C22H22N2O. The second-order valence-corrected chi connectivity index (χ2v) is 6.02. The van der Waals surface area contributed by atoms with Gasteiger partial charge in [-0.25, -0.2) is 0 Å². The first-order valence-electron chi connectivity index (χ1n) is 8.64. The predicted octanol–water partition coefficient (Wildman–Crippen LogP) is 5.34. The summed E-state index contributed by atoms with van der Waals surface area (Å²) in [7, 11) is 0. The predicted molar refractivity (Wildman–Crippen MR) is 103 cm³/mol. The van der Waals surface area contributed by atoms with Crippen LogP contribution >= 0.6 is 0 Å². The summed E-state index contributed by atoms with van der Waals surface area (Å²) in [6.07, 6.45) is 3.38. The molecule has 0 fully saturated rings. The summed E-state index contributed by atoms with van der Waals surface area (Å²) in [6.45, 7) is 2.72. The number of nitrogens with zero attached hydrogens (tertiary/aromatic N) is 1. The van der Waals surface area contributed by atoms with E-state index in [1.54, 1.807) is 0 Å². The number of anilines is 1. The fourth-order valence-electron chi connectivity index (χ4n) is 2.66. The van der Waals surface area contributed by atoms with E-state index in [0.717, 1.165) is 34.5 Å². The Labute approximate surface area is 148 Å². The maximum atomic E-state index is 11.9. The molecule has 1 N–H and O–H groups in total. The zero-order chi connectivity index (χ0) is 17.5. The molecule has 126 valence electrons. The molecule has 0 amide bonds. The zero-order valence-electron chi connectivity index (χ0n) is 14.4. The van der Waals surface area contributed by atoms with Gasteiger partial charge in [-0.1, -0.05) is 43.3 Å². The highest BCUT2D eigenvalue weighted by molar-refractivity contribution is 5.96. The number of aromatic nitrogens is 1. The molecule has 0 bridgehead atoms. The normalized spacial score (nSPS) is 10.4. The average Bonchev–Trinajstić information content (AvgIpc) is 2.68. The van der Waals surface area contributed by atoms with Gasteiger partial charge in [0.25, 0.3) is 0 Å². The van der Waals surface area contributed by atoms with E-state index in [9.17, 15) is 4.79 Å². The molecule has 3 heteroatoms. The van der Waals surface area contributed by atoms with Crippen LogP contribution in [0.25, 0.3) is 11.3 Å².